The molecule has 0 N–H and O–H groups in total. The van der Waals surface area contributed by atoms with Crippen LogP contribution >= 0.6 is 43.5 Å². The summed E-state index contributed by atoms with van der Waals surface area (Å²) >= 11 is 13.1. The van der Waals surface area contributed by atoms with Crippen LogP contribution in [0.2, 0.25) is 5.02 Å². The molecule has 0 aliphatic carbocycles. The summed E-state index contributed by atoms with van der Waals surface area (Å²) in [5.74, 6) is 1.59. The molecule has 21 heavy (non-hydrogen) atoms. The van der Waals surface area contributed by atoms with Crippen molar-refractivity contribution in [1.82, 2.24) is 0 Å². The van der Waals surface area contributed by atoms with Crippen LogP contribution in [0.3, 0.4) is 0 Å². The molecule has 0 heterocycles. The topological polar surface area (TPSA) is 9.23 Å². The highest BCUT2D eigenvalue weighted by molar-refractivity contribution is 9.10. The van der Waals surface area contributed by atoms with Crippen molar-refractivity contribution in [1.29, 1.82) is 0 Å². The zero-order valence-electron chi connectivity index (χ0n) is 10.9. The smallest absolute Gasteiger partial charge is 0.142 e. The quantitative estimate of drug-likeness (QED) is 0.412. The molecule has 3 rings (SSSR count). The maximum atomic E-state index is 6.06. The molecule has 0 atom stereocenters. The molecule has 0 amide bonds. The first kappa shape index (κ1) is 14.9. The Kier molecular flexibility index (Phi) is 4.53. The first-order valence-electron chi connectivity index (χ1n) is 6.38. The number of fused-ring (bicyclic) bond motifs is 1. The zero-order valence-corrected chi connectivity index (χ0v) is 14.9. The van der Waals surface area contributed by atoms with Gasteiger partial charge in [-0.25, -0.2) is 0 Å². The van der Waals surface area contributed by atoms with Gasteiger partial charge in [-0.2, -0.15) is 0 Å². The zero-order chi connectivity index (χ0) is 14.8. The molecule has 3 aromatic carbocycles. The van der Waals surface area contributed by atoms with Crippen molar-refractivity contribution in [2.75, 3.05) is 0 Å². The number of hydrogen-bond acceptors (Lipinski definition) is 1. The van der Waals surface area contributed by atoms with Gasteiger partial charge in [-0.1, -0.05) is 57.9 Å². The lowest BCUT2D eigenvalue weighted by molar-refractivity contribution is 0.476. The molecule has 0 aliphatic heterocycles. The van der Waals surface area contributed by atoms with Crippen LogP contribution in [0.15, 0.2) is 59.1 Å². The largest absolute Gasteiger partial charge is 0.456 e. The van der Waals surface area contributed by atoms with Gasteiger partial charge < -0.3 is 4.74 Å². The molecule has 0 unspecified atom stereocenters. The predicted octanol–water partition coefficient (Wildman–Crippen LogP) is 6.94. The van der Waals surface area contributed by atoms with Gasteiger partial charge in [-0.15, -0.1) is 0 Å². The summed E-state index contributed by atoms with van der Waals surface area (Å²) in [6.07, 6.45) is 0. The van der Waals surface area contributed by atoms with E-state index in [2.05, 4.69) is 50.1 Å². The summed E-state index contributed by atoms with van der Waals surface area (Å²) in [5, 5.41) is 3.70. The molecule has 0 aromatic heterocycles. The highest BCUT2D eigenvalue weighted by Gasteiger charge is 2.10. The minimum atomic E-state index is 0.689. The fourth-order valence-corrected chi connectivity index (χ4v) is 3.37. The molecule has 4 heteroatoms. The summed E-state index contributed by atoms with van der Waals surface area (Å²) in [6, 6.07) is 17.8. The normalized spacial score (nSPS) is 10.8. The number of ether oxygens (including phenoxy) is 1. The summed E-state index contributed by atoms with van der Waals surface area (Å²) in [5.41, 5.74) is 1.02. The maximum Gasteiger partial charge on any atom is 0.142 e. The summed E-state index contributed by atoms with van der Waals surface area (Å²) in [6.45, 7) is 0. The molecule has 0 spiro atoms. The highest BCUT2D eigenvalue weighted by Crippen LogP contribution is 2.37. The lowest BCUT2D eigenvalue weighted by Gasteiger charge is -2.13. The molecular weight excluding hydrogens is 415 g/mol. The fraction of sp³-hybridized carbons (Fsp3) is 0.0588. The lowest BCUT2D eigenvalue weighted by Crippen LogP contribution is -1.91. The van der Waals surface area contributed by atoms with Gasteiger partial charge in [0.05, 0.1) is 4.47 Å². The van der Waals surface area contributed by atoms with Crippen LogP contribution in [0.5, 0.6) is 11.5 Å². The van der Waals surface area contributed by atoms with E-state index in [1.165, 1.54) is 5.39 Å². The van der Waals surface area contributed by atoms with Gasteiger partial charge >= 0.3 is 0 Å². The van der Waals surface area contributed by atoms with E-state index in [9.17, 15) is 0 Å². The minimum absolute atomic E-state index is 0.689. The van der Waals surface area contributed by atoms with Crippen LogP contribution in [-0.2, 0) is 5.33 Å². The van der Waals surface area contributed by atoms with Gasteiger partial charge in [0.2, 0.25) is 0 Å². The van der Waals surface area contributed by atoms with E-state index in [0.29, 0.717) is 10.4 Å². The molecule has 106 valence electrons. The SMILES string of the molecule is Clc1ccc(Oc2ccc3ccccc3c2Br)c(CBr)c1. The van der Waals surface area contributed by atoms with Crippen molar-refractivity contribution in [2.45, 2.75) is 5.33 Å². The maximum absolute atomic E-state index is 6.06. The van der Waals surface area contributed by atoms with E-state index < -0.39 is 0 Å². The molecule has 1 nitrogen and oxygen atoms in total. The van der Waals surface area contributed by atoms with Crippen molar-refractivity contribution >= 4 is 54.2 Å². The predicted molar refractivity (Wildman–Crippen MR) is 95.8 cm³/mol. The molecule has 0 saturated heterocycles. The third-order valence-electron chi connectivity index (χ3n) is 3.21. The van der Waals surface area contributed by atoms with Gasteiger partial charge in [0, 0.05) is 15.9 Å². The monoisotopic (exact) mass is 424 g/mol. The number of hydrogen-bond donors (Lipinski definition) is 0. The van der Waals surface area contributed by atoms with Crippen molar-refractivity contribution < 1.29 is 4.74 Å². The van der Waals surface area contributed by atoms with Gasteiger partial charge in [0.25, 0.3) is 0 Å². The molecular formula is C17H11Br2ClO. The first-order valence-corrected chi connectivity index (χ1v) is 8.68. The number of alkyl halides is 1. The molecule has 3 aromatic rings. The van der Waals surface area contributed by atoms with Crippen LogP contribution in [0.1, 0.15) is 5.56 Å². The first-order chi connectivity index (χ1) is 10.2. The molecule has 0 saturated carbocycles. The standard InChI is InChI=1S/C17H11Br2ClO/c18-10-12-9-13(20)6-8-15(12)21-16-7-5-11-3-1-2-4-14(11)17(16)19/h1-9H,10H2. The van der Waals surface area contributed by atoms with E-state index >= 15 is 0 Å². The second kappa shape index (κ2) is 6.39. The fourth-order valence-electron chi connectivity index (χ4n) is 2.16. The number of halogens is 3. The van der Waals surface area contributed by atoms with Gasteiger partial charge in [0.15, 0.2) is 0 Å². The van der Waals surface area contributed by atoms with Gasteiger partial charge in [0.1, 0.15) is 11.5 Å². The van der Waals surface area contributed by atoms with Crippen molar-refractivity contribution in [2.24, 2.45) is 0 Å². The van der Waals surface area contributed by atoms with E-state index in [1.807, 2.05) is 36.4 Å². The summed E-state index contributed by atoms with van der Waals surface area (Å²) in [4.78, 5) is 0. The minimum Gasteiger partial charge on any atom is -0.456 e. The summed E-state index contributed by atoms with van der Waals surface area (Å²) < 4.78 is 7.01. The van der Waals surface area contributed by atoms with E-state index in [1.54, 1.807) is 0 Å². The van der Waals surface area contributed by atoms with Crippen molar-refractivity contribution in [3.8, 4) is 11.5 Å². The Morgan fingerprint density at radius 3 is 2.52 bits per heavy atom. The van der Waals surface area contributed by atoms with Crippen molar-refractivity contribution in [3.63, 3.8) is 0 Å². The third-order valence-corrected chi connectivity index (χ3v) is 4.87. The molecule has 0 bridgehead atoms. The van der Waals surface area contributed by atoms with Crippen LogP contribution in [0.25, 0.3) is 10.8 Å². The Hall–Kier alpha value is -1.03. The van der Waals surface area contributed by atoms with E-state index in [-0.39, 0.29) is 0 Å². The Bertz CT molecular complexity index is 802. The summed E-state index contributed by atoms with van der Waals surface area (Å²) in [7, 11) is 0. The Morgan fingerprint density at radius 1 is 0.952 bits per heavy atom. The van der Waals surface area contributed by atoms with Crippen LogP contribution in [0.4, 0.5) is 0 Å². The second-order valence-corrected chi connectivity index (χ2v) is 6.38. The van der Waals surface area contributed by atoms with E-state index in [0.717, 1.165) is 26.9 Å². The van der Waals surface area contributed by atoms with Crippen LogP contribution < -0.4 is 4.74 Å². The van der Waals surface area contributed by atoms with Gasteiger partial charge in [-0.05, 0) is 51.0 Å². The van der Waals surface area contributed by atoms with E-state index in [4.69, 9.17) is 16.3 Å². The van der Waals surface area contributed by atoms with Crippen LogP contribution in [0, 0.1) is 0 Å². The highest BCUT2D eigenvalue weighted by atomic mass is 79.9. The number of benzene rings is 3. The molecule has 0 fully saturated rings. The third kappa shape index (κ3) is 3.10. The average Bonchev–Trinajstić information content (AvgIpc) is 2.51. The molecule has 0 aliphatic rings. The second-order valence-electron chi connectivity index (χ2n) is 4.59. The van der Waals surface area contributed by atoms with Crippen LogP contribution in [-0.4, -0.2) is 0 Å². The average molecular weight is 427 g/mol. The Morgan fingerprint density at radius 2 is 1.71 bits per heavy atom. The Balaban J connectivity index is 2.04. The lowest BCUT2D eigenvalue weighted by atomic mass is 10.1. The molecule has 0 radical (unpaired) electrons. The Labute approximate surface area is 145 Å². The van der Waals surface area contributed by atoms with Crippen molar-refractivity contribution in [3.05, 3.63) is 69.7 Å². The number of rotatable bonds is 3. The van der Waals surface area contributed by atoms with Gasteiger partial charge in [-0.3, -0.25) is 0 Å².